The molecule has 0 atom stereocenters. The standard InChI is InChI=1S/C4H7N3O3S/c1-11(8,9)10-3-4-2-5-7-6-4/h2H,3H2,1H3,(H,5,6,7). The van der Waals surface area contributed by atoms with Crippen LogP contribution in [0.25, 0.3) is 0 Å². The number of hydrogen-bond donors (Lipinski definition) is 1. The van der Waals surface area contributed by atoms with E-state index < -0.39 is 10.1 Å². The Bertz CT molecular complexity index is 303. The molecule has 0 fully saturated rings. The van der Waals surface area contributed by atoms with E-state index in [4.69, 9.17) is 0 Å². The van der Waals surface area contributed by atoms with Crippen LogP contribution in [0.5, 0.6) is 0 Å². The molecule has 0 aliphatic heterocycles. The van der Waals surface area contributed by atoms with Gasteiger partial charge < -0.3 is 0 Å². The molecule has 62 valence electrons. The van der Waals surface area contributed by atoms with Crippen molar-refractivity contribution < 1.29 is 12.6 Å². The summed E-state index contributed by atoms with van der Waals surface area (Å²) in [4.78, 5) is 0. The molecule has 0 spiro atoms. The number of aromatic amines is 1. The zero-order chi connectivity index (χ0) is 8.32. The van der Waals surface area contributed by atoms with Crippen molar-refractivity contribution in [2.75, 3.05) is 6.26 Å². The fourth-order valence-electron chi connectivity index (χ4n) is 0.462. The summed E-state index contributed by atoms with van der Waals surface area (Å²) in [6.07, 6.45) is 2.37. The van der Waals surface area contributed by atoms with Gasteiger partial charge in [0.1, 0.15) is 12.3 Å². The van der Waals surface area contributed by atoms with Crippen LogP contribution in [0.4, 0.5) is 0 Å². The van der Waals surface area contributed by atoms with Gasteiger partial charge in [-0.1, -0.05) is 0 Å². The van der Waals surface area contributed by atoms with Crippen LogP contribution < -0.4 is 0 Å². The van der Waals surface area contributed by atoms with Crippen LogP contribution in [0.15, 0.2) is 6.20 Å². The Hall–Kier alpha value is -0.950. The maximum absolute atomic E-state index is 10.4. The molecule has 0 saturated carbocycles. The van der Waals surface area contributed by atoms with Crippen molar-refractivity contribution in [3.63, 3.8) is 0 Å². The quantitative estimate of drug-likeness (QED) is 0.616. The minimum absolute atomic E-state index is 0.0741. The molecule has 0 bridgehead atoms. The van der Waals surface area contributed by atoms with Gasteiger partial charge in [0.25, 0.3) is 10.1 Å². The molecular formula is C4H7N3O3S. The average Bonchev–Trinajstić information content (AvgIpc) is 2.32. The molecule has 0 aromatic carbocycles. The number of nitrogens with one attached hydrogen (secondary N) is 1. The Morgan fingerprint density at radius 2 is 2.45 bits per heavy atom. The van der Waals surface area contributed by atoms with Crippen LogP contribution in [0.2, 0.25) is 0 Å². The first-order valence-corrected chi connectivity index (χ1v) is 4.58. The molecular weight excluding hydrogens is 170 g/mol. The van der Waals surface area contributed by atoms with Crippen molar-refractivity contribution in [3.8, 4) is 0 Å². The van der Waals surface area contributed by atoms with E-state index in [0.717, 1.165) is 6.26 Å². The molecule has 11 heavy (non-hydrogen) atoms. The molecule has 6 nitrogen and oxygen atoms in total. The smallest absolute Gasteiger partial charge is 0.264 e. The van der Waals surface area contributed by atoms with Gasteiger partial charge in [-0.2, -0.15) is 23.8 Å². The molecule has 1 rings (SSSR count). The zero-order valence-electron chi connectivity index (χ0n) is 5.81. The van der Waals surface area contributed by atoms with E-state index in [1.54, 1.807) is 0 Å². The van der Waals surface area contributed by atoms with E-state index in [2.05, 4.69) is 19.6 Å². The predicted molar refractivity (Wildman–Crippen MR) is 36.0 cm³/mol. The highest BCUT2D eigenvalue weighted by Gasteiger charge is 2.03. The van der Waals surface area contributed by atoms with E-state index in [1.165, 1.54) is 6.20 Å². The van der Waals surface area contributed by atoms with Gasteiger partial charge in [0, 0.05) is 0 Å². The van der Waals surface area contributed by atoms with E-state index in [1.807, 2.05) is 0 Å². The summed E-state index contributed by atoms with van der Waals surface area (Å²) in [6, 6.07) is 0. The molecule has 1 N–H and O–H groups in total. The minimum Gasteiger partial charge on any atom is -0.264 e. The first-order valence-electron chi connectivity index (χ1n) is 2.77. The summed E-state index contributed by atoms with van der Waals surface area (Å²) in [5.41, 5.74) is 0.454. The lowest BCUT2D eigenvalue weighted by Gasteiger charge is -1.94. The van der Waals surface area contributed by atoms with Crippen LogP contribution in [-0.4, -0.2) is 30.1 Å². The highest BCUT2D eigenvalue weighted by atomic mass is 32.2. The van der Waals surface area contributed by atoms with Gasteiger partial charge >= 0.3 is 0 Å². The molecule has 0 unspecified atom stereocenters. The first kappa shape index (κ1) is 8.15. The Balaban J connectivity index is 2.48. The van der Waals surface area contributed by atoms with Crippen LogP contribution in [-0.2, 0) is 20.9 Å². The number of aromatic nitrogens is 3. The summed E-state index contributed by atoms with van der Waals surface area (Å²) < 4.78 is 25.3. The fraction of sp³-hybridized carbons (Fsp3) is 0.500. The van der Waals surface area contributed by atoms with Crippen molar-refractivity contribution in [2.24, 2.45) is 0 Å². The molecule has 0 aliphatic carbocycles. The highest BCUT2D eigenvalue weighted by Crippen LogP contribution is 1.95. The van der Waals surface area contributed by atoms with Crippen molar-refractivity contribution in [2.45, 2.75) is 6.61 Å². The average molecular weight is 177 g/mol. The molecule has 1 heterocycles. The Kier molecular flexibility index (Phi) is 2.20. The summed E-state index contributed by atoms with van der Waals surface area (Å²) in [7, 11) is -3.38. The van der Waals surface area contributed by atoms with Gasteiger partial charge in [-0.05, 0) is 0 Å². The van der Waals surface area contributed by atoms with Crippen LogP contribution in [0.1, 0.15) is 5.69 Å². The van der Waals surface area contributed by atoms with Crippen molar-refractivity contribution in [1.82, 2.24) is 15.4 Å². The first-order chi connectivity index (χ1) is 5.08. The number of hydrogen-bond acceptors (Lipinski definition) is 5. The number of rotatable bonds is 3. The van der Waals surface area contributed by atoms with Crippen LogP contribution in [0, 0.1) is 0 Å². The van der Waals surface area contributed by atoms with Crippen LogP contribution >= 0.6 is 0 Å². The zero-order valence-corrected chi connectivity index (χ0v) is 6.63. The van der Waals surface area contributed by atoms with Gasteiger partial charge in [0.05, 0.1) is 12.5 Å². The lowest BCUT2D eigenvalue weighted by Crippen LogP contribution is -2.02. The highest BCUT2D eigenvalue weighted by molar-refractivity contribution is 7.85. The van der Waals surface area contributed by atoms with Gasteiger partial charge in [-0.15, -0.1) is 0 Å². The maximum atomic E-state index is 10.4. The molecule has 0 radical (unpaired) electrons. The fourth-order valence-corrected chi connectivity index (χ4v) is 0.797. The number of nitrogens with zero attached hydrogens (tertiary/aromatic N) is 2. The van der Waals surface area contributed by atoms with E-state index in [0.29, 0.717) is 5.69 Å². The molecule has 7 heteroatoms. The Labute approximate surface area is 63.7 Å². The van der Waals surface area contributed by atoms with Gasteiger partial charge in [0.2, 0.25) is 0 Å². The summed E-state index contributed by atoms with van der Waals surface area (Å²) >= 11 is 0. The molecule has 0 saturated heterocycles. The third-order valence-corrected chi connectivity index (χ3v) is 1.43. The second-order valence-corrected chi connectivity index (χ2v) is 3.57. The summed E-state index contributed by atoms with van der Waals surface area (Å²) in [5, 5.41) is 9.40. The summed E-state index contributed by atoms with van der Waals surface area (Å²) in [5.74, 6) is 0. The van der Waals surface area contributed by atoms with Gasteiger partial charge in [-0.3, -0.25) is 4.18 Å². The topological polar surface area (TPSA) is 84.9 Å². The normalized spacial score (nSPS) is 11.7. The predicted octanol–water partition coefficient (Wildman–Crippen LogP) is -0.719. The minimum atomic E-state index is -3.38. The third-order valence-electron chi connectivity index (χ3n) is 0.886. The van der Waals surface area contributed by atoms with Gasteiger partial charge in [0.15, 0.2) is 0 Å². The van der Waals surface area contributed by atoms with E-state index >= 15 is 0 Å². The summed E-state index contributed by atoms with van der Waals surface area (Å²) in [6.45, 7) is -0.0741. The van der Waals surface area contributed by atoms with Crippen LogP contribution in [0.3, 0.4) is 0 Å². The molecule has 1 aromatic heterocycles. The monoisotopic (exact) mass is 177 g/mol. The van der Waals surface area contributed by atoms with Crippen molar-refractivity contribution in [1.29, 1.82) is 0 Å². The number of H-pyrrole nitrogens is 1. The second-order valence-electron chi connectivity index (χ2n) is 1.93. The van der Waals surface area contributed by atoms with E-state index in [-0.39, 0.29) is 6.61 Å². The second kappa shape index (κ2) is 2.97. The molecule has 0 amide bonds. The lowest BCUT2D eigenvalue weighted by atomic mass is 10.5. The van der Waals surface area contributed by atoms with Gasteiger partial charge in [-0.25, -0.2) is 0 Å². The molecule has 0 aliphatic rings. The van der Waals surface area contributed by atoms with E-state index in [9.17, 15) is 8.42 Å². The Morgan fingerprint density at radius 3 is 2.91 bits per heavy atom. The van der Waals surface area contributed by atoms with Crippen molar-refractivity contribution >= 4 is 10.1 Å². The largest absolute Gasteiger partial charge is 0.264 e. The third kappa shape index (κ3) is 3.10. The lowest BCUT2D eigenvalue weighted by molar-refractivity contribution is 0.307. The maximum Gasteiger partial charge on any atom is 0.264 e. The SMILES string of the molecule is CS(=O)(=O)OCc1cn[nH]n1. The Morgan fingerprint density at radius 1 is 1.73 bits per heavy atom. The van der Waals surface area contributed by atoms with Crippen molar-refractivity contribution in [3.05, 3.63) is 11.9 Å². The molecule has 1 aromatic rings.